The van der Waals surface area contributed by atoms with E-state index in [0.717, 1.165) is 27.9 Å². The van der Waals surface area contributed by atoms with Crippen LogP contribution < -0.4 is 26.5 Å². The molecule has 0 aliphatic carbocycles. The lowest BCUT2D eigenvalue weighted by Crippen LogP contribution is -2.71. The first-order valence-corrected chi connectivity index (χ1v) is 17.3. The molecular weight excluding hydrogens is 743 g/mol. The van der Waals surface area contributed by atoms with Gasteiger partial charge in [-0.25, -0.2) is 9.18 Å². The Morgan fingerprint density at radius 1 is 1.33 bits per heavy atom. The second kappa shape index (κ2) is 13.8. The number of amidine groups is 1. The molecular formula is C31H28ClFN10O7S2. The van der Waals surface area contributed by atoms with E-state index < -0.39 is 52.3 Å². The second-order valence-electron chi connectivity index (χ2n) is 12.1. The number of thioether (sulfide) groups is 1. The number of β-lactam (4-membered cyclic amide) rings is 1. The van der Waals surface area contributed by atoms with Crippen LogP contribution in [0.5, 0.6) is 0 Å². The molecule has 21 heteroatoms. The molecule has 2 atom stereocenters. The number of rotatable bonds is 12. The summed E-state index contributed by atoms with van der Waals surface area (Å²) in [4.78, 5) is 60.7. The number of oxime groups is 1. The molecule has 0 saturated carbocycles. The fraction of sp³-hybridized carbons (Fsp3) is 0.258. The van der Waals surface area contributed by atoms with E-state index in [-0.39, 0.29) is 57.5 Å². The number of aromatic nitrogens is 4. The quantitative estimate of drug-likeness (QED) is 0.0425. The minimum atomic E-state index is -1.83. The van der Waals surface area contributed by atoms with Crippen LogP contribution in [0.4, 0.5) is 9.52 Å². The fourth-order valence-corrected chi connectivity index (χ4v) is 7.46. The first-order valence-electron chi connectivity index (χ1n) is 15.1. The number of nitrogen functional groups attached to an aromatic ring is 2. The highest BCUT2D eigenvalue weighted by Gasteiger charge is 2.53. The number of fused-ring (bicyclic) bond motifs is 2. The monoisotopic (exact) mass is 770 g/mol. The number of aliphatic carboxylic acids is 2. The van der Waals surface area contributed by atoms with Crippen LogP contribution >= 0.6 is 34.9 Å². The molecule has 7 N–H and O–H groups in total. The molecule has 2 aliphatic heterocycles. The Bertz CT molecular complexity index is 2230. The molecule has 4 aromatic rings. The predicted molar refractivity (Wildman–Crippen MR) is 184 cm³/mol. The van der Waals surface area contributed by atoms with Crippen LogP contribution in [0, 0.1) is 11.2 Å². The van der Waals surface area contributed by atoms with Crippen LogP contribution in [0.15, 0.2) is 59.3 Å². The minimum Gasteiger partial charge on any atom is -0.543 e. The molecule has 0 radical (unpaired) electrons. The number of anilines is 1. The Morgan fingerprint density at radius 3 is 2.71 bits per heavy atom. The van der Waals surface area contributed by atoms with Crippen molar-refractivity contribution in [3.8, 4) is 0 Å². The van der Waals surface area contributed by atoms with E-state index in [4.69, 9.17) is 33.3 Å². The van der Waals surface area contributed by atoms with E-state index in [1.807, 2.05) is 6.07 Å². The van der Waals surface area contributed by atoms with Gasteiger partial charge in [0.2, 0.25) is 17.1 Å². The van der Waals surface area contributed by atoms with Crippen molar-refractivity contribution >= 4 is 86.2 Å². The third-order valence-corrected chi connectivity index (χ3v) is 10.4. The lowest BCUT2D eigenvalue weighted by atomic mass is 10.0. The van der Waals surface area contributed by atoms with E-state index in [2.05, 4.69) is 19.8 Å². The van der Waals surface area contributed by atoms with Gasteiger partial charge in [-0.15, -0.1) is 11.8 Å². The normalized spacial score (nSPS) is 17.5. The van der Waals surface area contributed by atoms with Crippen molar-refractivity contribution in [1.82, 2.24) is 24.1 Å². The van der Waals surface area contributed by atoms with Crippen molar-refractivity contribution in [2.24, 2.45) is 10.9 Å². The highest BCUT2D eigenvalue weighted by atomic mass is 35.5. The number of halogens is 2. The van der Waals surface area contributed by atoms with Crippen molar-refractivity contribution < 1.29 is 43.2 Å². The van der Waals surface area contributed by atoms with Gasteiger partial charge in [0.25, 0.3) is 11.8 Å². The van der Waals surface area contributed by atoms with E-state index in [9.17, 15) is 33.8 Å². The highest BCUT2D eigenvalue weighted by Crippen LogP contribution is 2.40. The molecule has 5 heterocycles. The second-order valence-corrected chi connectivity index (χ2v) is 14.4. The van der Waals surface area contributed by atoms with Crippen molar-refractivity contribution in [2.45, 2.75) is 44.0 Å². The van der Waals surface area contributed by atoms with Crippen LogP contribution in [0.2, 0.25) is 5.02 Å². The van der Waals surface area contributed by atoms with Gasteiger partial charge in [0.15, 0.2) is 24.1 Å². The Balaban J connectivity index is 1.22. The number of carboxylic acids is 2. The molecule has 2 amide bonds. The summed E-state index contributed by atoms with van der Waals surface area (Å²) in [6.07, 6.45) is 5.22. The smallest absolute Gasteiger partial charge is 0.350 e. The minimum absolute atomic E-state index is 0.0121. The summed E-state index contributed by atoms with van der Waals surface area (Å²) < 4.78 is 22.4. The molecule has 6 rings (SSSR count). The van der Waals surface area contributed by atoms with Crippen molar-refractivity contribution in [2.75, 3.05) is 11.5 Å². The van der Waals surface area contributed by atoms with Crippen molar-refractivity contribution in [1.29, 1.82) is 5.41 Å². The Morgan fingerprint density at radius 2 is 2.08 bits per heavy atom. The average Bonchev–Trinajstić information content (AvgIpc) is 3.70. The zero-order valence-corrected chi connectivity index (χ0v) is 29.5. The van der Waals surface area contributed by atoms with Crippen LogP contribution in [0.3, 0.4) is 0 Å². The number of pyridine rings is 1. The molecule has 0 unspecified atom stereocenters. The van der Waals surface area contributed by atoms with Crippen molar-refractivity contribution in [3.63, 3.8) is 0 Å². The van der Waals surface area contributed by atoms with E-state index in [0.29, 0.717) is 11.1 Å². The number of nitrogens with zero attached hydrogens (tertiary/aromatic N) is 6. The molecule has 1 aromatic carbocycles. The number of benzene rings is 1. The van der Waals surface area contributed by atoms with Crippen LogP contribution in [-0.2, 0) is 37.1 Å². The van der Waals surface area contributed by atoms with Gasteiger partial charge in [-0.3, -0.25) is 19.9 Å². The van der Waals surface area contributed by atoms with Gasteiger partial charge < -0.3 is 41.2 Å². The van der Waals surface area contributed by atoms with Gasteiger partial charge in [-0.1, -0.05) is 16.8 Å². The molecule has 17 nitrogen and oxygen atoms in total. The first kappa shape index (κ1) is 36.2. The van der Waals surface area contributed by atoms with E-state index in [1.54, 1.807) is 33.8 Å². The molecule has 52 heavy (non-hydrogen) atoms. The summed E-state index contributed by atoms with van der Waals surface area (Å²) in [7, 11) is 0. The third kappa shape index (κ3) is 6.86. The number of nitrogens with two attached hydrogens (primary N) is 2. The largest absolute Gasteiger partial charge is 0.543 e. The molecule has 270 valence electrons. The summed E-state index contributed by atoms with van der Waals surface area (Å²) in [6.45, 7) is 2.52. The van der Waals surface area contributed by atoms with Gasteiger partial charge in [0.05, 0.1) is 18.2 Å². The van der Waals surface area contributed by atoms with Crippen LogP contribution in [0.1, 0.15) is 30.8 Å². The summed E-state index contributed by atoms with van der Waals surface area (Å²) in [5.74, 6) is -5.73. The fourth-order valence-electron chi connectivity index (χ4n) is 5.42. The standard InChI is InChI=1S/C31H28ClFN10O7S2/c1-31(2,29(48)49)50-39-20(24-38-30(36)52-40-24)25(44)37-21-26(45)43-22(28(46)47)15(12-51-27(21)43)9-41-5-3-13-4-6-42(19(13)11-41)10-16-17(32)7-14(23(34)35)8-18(16)33/h3-8,11,21,27H,9-10,12H2,1-2H3,(H7-,34,35,36,37,38,40,44,46,47,48,49)/b39-20-/t21-,27-/m1/s1. The van der Waals surface area contributed by atoms with Crippen molar-refractivity contribution in [3.05, 3.63) is 81.9 Å². The third-order valence-electron chi connectivity index (χ3n) is 8.20. The lowest BCUT2D eigenvalue weighted by Gasteiger charge is -2.50. The maximum absolute atomic E-state index is 15.0. The van der Waals surface area contributed by atoms with Gasteiger partial charge in [0.1, 0.15) is 28.6 Å². The molecule has 0 spiro atoms. The zero-order valence-electron chi connectivity index (χ0n) is 27.1. The summed E-state index contributed by atoms with van der Waals surface area (Å²) >= 11 is 8.30. The molecule has 1 saturated heterocycles. The highest BCUT2D eigenvalue weighted by molar-refractivity contribution is 8.00. The molecule has 3 aromatic heterocycles. The Kier molecular flexibility index (Phi) is 9.64. The topological polar surface area (TPSA) is 259 Å². The number of carbonyl (C=O) groups is 4. The van der Waals surface area contributed by atoms with E-state index in [1.165, 1.54) is 31.7 Å². The number of nitrogens with one attached hydrogen (secondary N) is 2. The van der Waals surface area contributed by atoms with Gasteiger partial charge >= 0.3 is 5.97 Å². The Hall–Kier alpha value is -5.60. The van der Waals surface area contributed by atoms with E-state index >= 15 is 0 Å². The number of hydrogen-bond donors (Lipinski definition) is 5. The number of amides is 2. The van der Waals surface area contributed by atoms with Gasteiger partial charge in [-0.05, 0) is 32.0 Å². The van der Waals surface area contributed by atoms with Crippen LogP contribution in [-0.4, -0.2) is 82.0 Å². The number of carboxylic acid groups (broad SMARTS) is 2. The Labute approximate surface area is 306 Å². The maximum atomic E-state index is 15.0. The number of carbonyl (C=O) groups excluding carboxylic acids is 3. The molecule has 1 fully saturated rings. The molecule has 0 bridgehead atoms. The predicted octanol–water partition coefficient (Wildman–Crippen LogP) is 0.175. The zero-order chi connectivity index (χ0) is 37.6. The maximum Gasteiger partial charge on any atom is 0.350 e. The SMILES string of the molecule is CC(C)(O/N=C(\C(=O)N[C@@H]1C(=O)N2C(C(=O)[O-])=C(C[n+]3ccc4ccn(Cc5c(F)cc(C(=N)N)cc5Cl)c4c3)CS[C@H]12)c1nsc(N)n1)C(=O)O. The lowest BCUT2D eigenvalue weighted by molar-refractivity contribution is -0.687. The van der Waals surface area contributed by atoms with Gasteiger partial charge in [0, 0.05) is 56.7 Å². The van der Waals surface area contributed by atoms with Crippen LogP contribution in [0.25, 0.3) is 10.9 Å². The van der Waals surface area contributed by atoms with Gasteiger partial charge in [-0.2, -0.15) is 13.9 Å². The summed E-state index contributed by atoms with van der Waals surface area (Å²) in [5.41, 5.74) is 9.82. The molecule has 2 aliphatic rings. The number of hydrogen-bond acceptors (Lipinski definition) is 13. The average molecular weight is 771 g/mol. The summed E-state index contributed by atoms with van der Waals surface area (Å²) in [6, 6.07) is 4.99. The first-order chi connectivity index (χ1) is 24.5. The summed E-state index contributed by atoms with van der Waals surface area (Å²) in [5, 5.41) is 35.6.